The van der Waals surface area contributed by atoms with Crippen LogP contribution in [-0.2, 0) is 4.74 Å². The van der Waals surface area contributed by atoms with Gasteiger partial charge in [0.25, 0.3) is 0 Å². The van der Waals surface area contributed by atoms with Gasteiger partial charge in [-0.15, -0.1) is 0 Å². The molecule has 1 fully saturated rings. The van der Waals surface area contributed by atoms with Crippen LogP contribution in [0.5, 0.6) is 0 Å². The second-order valence-electron chi connectivity index (χ2n) is 4.21. The minimum Gasteiger partial charge on any atom is -0.380 e. The summed E-state index contributed by atoms with van der Waals surface area (Å²) in [4.78, 5) is 0. The highest BCUT2D eigenvalue weighted by Gasteiger charge is 2.22. The molecule has 1 heterocycles. The lowest BCUT2D eigenvalue weighted by Crippen LogP contribution is -2.32. The predicted molar refractivity (Wildman–Crippen MR) is 67.2 cm³/mol. The third kappa shape index (κ3) is 2.91. The highest BCUT2D eigenvalue weighted by atomic mass is 35.5. The van der Waals surface area contributed by atoms with Gasteiger partial charge in [0, 0.05) is 29.3 Å². The van der Waals surface area contributed by atoms with E-state index in [1.807, 2.05) is 6.92 Å². The molecule has 0 spiro atoms. The van der Waals surface area contributed by atoms with E-state index in [1.165, 1.54) is 12.1 Å². The Morgan fingerprint density at radius 3 is 2.88 bits per heavy atom. The van der Waals surface area contributed by atoms with E-state index in [4.69, 9.17) is 27.9 Å². The molecule has 1 aliphatic heterocycles. The Hall–Kier alpha value is -0.350. The number of rotatable bonds is 3. The molecule has 1 N–H and O–H groups in total. The molecule has 0 aromatic heterocycles. The fourth-order valence-electron chi connectivity index (χ4n) is 2.04. The zero-order valence-corrected chi connectivity index (χ0v) is 11.0. The van der Waals surface area contributed by atoms with Crippen molar-refractivity contribution in [2.24, 2.45) is 0 Å². The first-order valence-corrected chi connectivity index (χ1v) is 6.32. The average molecular weight is 278 g/mol. The predicted octanol–water partition coefficient (Wildman–Crippen LogP) is 3.57. The van der Waals surface area contributed by atoms with Crippen molar-refractivity contribution in [3.05, 3.63) is 33.6 Å². The molecule has 94 valence electrons. The molecule has 5 heteroatoms. The van der Waals surface area contributed by atoms with Gasteiger partial charge in [0.2, 0.25) is 0 Å². The third-order valence-electron chi connectivity index (χ3n) is 2.93. The Morgan fingerprint density at radius 2 is 2.24 bits per heavy atom. The fraction of sp³-hybridized carbons (Fsp3) is 0.500. The van der Waals surface area contributed by atoms with Crippen LogP contribution in [-0.4, -0.2) is 19.3 Å². The maximum Gasteiger partial charge on any atom is 0.142 e. The van der Waals surface area contributed by atoms with Crippen molar-refractivity contribution in [1.29, 1.82) is 0 Å². The number of nitrogens with one attached hydrogen (secondary N) is 1. The van der Waals surface area contributed by atoms with Gasteiger partial charge in [0.1, 0.15) is 5.82 Å². The number of ether oxygens (including phenoxy) is 1. The van der Waals surface area contributed by atoms with Crippen LogP contribution < -0.4 is 5.32 Å². The molecule has 2 atom stereocenters. The molecular weight excluding hydrogens is 264 g/mol. The first kappa shape index (κ1) is 13.1. The maximum absolute atomic E-state index is 13.4. The monoisotopic (exact) mass is 277 g/mol. The van der Waals surface area contributed by atoms with Crippen LogP contribution >= 0.6 is 23.2 Å². The Balaban J connectivity index is 2.17. The molecule has 0 bridgehead atoms. The lowest BCUT2D eigenvalue weighted by Gasteiger charge is -2.21. The van der Waals surface area contributed by atoms with Gasteiger partial charge in [0.15, 0.2) is 0 Å². The third-order valence-corrected chi connectivity index (χ3v) is 3.64. The molecule has 0 radical (unpaired) electrons. The molecular formula is C12H14Cl2FNO. The SMILES string of the molecule is CC(NC1CCOC1)c1c(Cl)ccc(F)c1Cl. The van der Waals surface area contributed by atoms with E-state index in [1.54, 1.807) is 0 Å². The second-order valence-corrected chi connectivity index (χ2v) is 4.99. The minimum atomic E-state index is -0.442. The van der Waals surface area contributed by atoms with Gasteiger partial charge < -0.3 is 10.1 Å². The normalized spacial score (nSPS) is 21.8. The minimum absolute atomic E-state index is 0.0939. The molecule has 0 aliphatic carbocycles. The van der Waals surface area contributed by atoms with Crippen LogP contribution in [0.25, 0.3) is 0 Å². The van der Waals surface area contributed by atoms with Crippen molar-refractivity contribution >= 4 is 23.2 Å². The topological polar surface area (TPSA) is 21.3 Å². The molecule has 17 heavy (non-hydrogen) atoms. The van der Waals surface area contributed by atoms with Gasteiger partial charge in [0.05, 0.1) is 11.6 Å². The van der Waals surface area contributed by atoms with E-state index in [9.17, 15) is 4.39 Å². The highest BCUT2D eigenvalue weighted by Crippen LogP contribution is 2.32. The van der Waals surface area contributed by atoms with E-state index < -0.39 is 5.82 Å². The van der Waals surface area contributed by atoms with E-state index >= 15 is 0 Å². The molecule has 1 aromatic rings. The molecule has 2 rings (SSSR count). The van der Waals surface area contributed by atoms with Gasteiger partial charge in [-0.1, -0.05) is 23.2 Å². The summed E-state index contributed by atoms with van der Waals surface area (Å²) < 4.78 is 18.7. The first-order chi connectivity index (χ1) is 8.09. The molecule has 1 saturated heterocycles. The van der Waals surface area contributed by atoms with Crippen molar-refractivity contribution in [1.82, 2.24) is 5.32 Å². The van der Waals surface area contributed by atoms with Crippen LogP contribution in [0.2, 0.25) is 10.0 Å². The van der Waals surface area contributed by atoms with E-state index in [2.05, 4.69) is 5.32 Å². The van der Waals surface area contributed by atoms with Crippen LogP contribution in [0.15, 0.2) is 12.1 Å². The molecule has 0 amide bonds. The van der Waals surface area contributed by atoms with Crippen LogP contribution in [0.3, 0.4) is 0 Å². The second kappa shape index (κ2) is 5.53. The van der Waals surface area contributed by atoms with Crippen LogP contribution in [0.1, 0.15) is 24.9 Å². The Morgan fingerprint density at radius 1 is 1.47 bits per heavy atom. The van der Waals surface area contributed by atoms with Gasteiger partial charge in [-0.3, -0.25) is 0 Å². The summed E-state index contributed by atoms with van der Waals surface area (Å²) in [5.74, 6) is -0.442. The van der Waals surface area contributed by atoms with Gasteiger partial charge in [-0.25, -0.2) is 4.39 Å². The van der Waals surface area contributed by atoms with Gasteiger partial charge >= 0.3 is 0 Å². The lowest BCUT2D eigenvalue weighted by atomic mass is 10.1. The molecule has 1 aliphatic rings. The smallest absolute Gasteiger partial charge is 0.142 e. The molecule has 0 saturated carbocycles. The summed E-state index contributed by atoms with van der Waals surface area (Å²) in [5.41, 5.74) is 0.611. The number of hydrogen-bond acceptors (Lipinski definition) is 2. The van der Waals surface area contributed by atoms with Crippen molar-refractivity contribution < 1.29 is 9.13 Å². The van der Waals surface area contributed by atoms with Gasteiger partial charge in [-0.2, -0.15) is 0 Å². The summed E-state index contributed by atoms with van der Waals surface area (Å²) in [5, 5.41) is 3.92. The molecule has 1 aromatic carbocycles. The van der Waals surface area contributed by atoms with E-state index in [0.29, 0.717) is 17.2 Å². The van der Waals surface area contributed by atoms with Crippen molar-refractivity contribution in [2.45, 2.75) is 25.4 Å². The van der Waals surface area contributed by atoms with Gasteiger partial charge in [-0.05, 0) is 25.5 Å². The molecule has 2 unspecified atom stereocenters. The highest BCUT2D eigenvalue weighted by molar-refractivity contribution is 6.36. The Kier molecular flexibility index (Phi) is 4.26. The zero-order chi connectivity index (χ0) is 12.4. The summed E-state index contributed by atoms with van der Waals surface area (Å²) in [6.45, 7) is 3.36. The summed E-state index contributed by atoms with van der Waals surface area (Å²) in [6.07, 6.45) is 0.953. The largest absolute Gasteiger partial charge is 0.380 e. The summed E-state index contributed by atoms with van der Waals surface area (Å²) in [6, 6.07) is 2.99. The maximum atomic E-state index is 13.4. The van der Waals surface area contributed by atoms with Crippen LogP contribution in [0, 0.1) is 5.82 Å². The lowest BCUT2D eigenvalue weighted by molar-refractivity contribution is 0.188. The quantitative estimate of drug-likeness (QED) is 0.853. The Bertz CT molecular complexity index is 408. The van der Waals surface area contributed by atoms with Crippen LogP contribution in [0.4, 0.5) is 4.39 Å². The standard InChI is InChI=1S/C12H14Cl2FNO/c1-7(16-8-4-5-17-6-8)11-9(13)2-3-10(15)12(11)14/h2-3,7-8,16H,4-6H2,1H3. The average Bonchev–Trinajstić information content (AvgIpc) is 2.77. The number of benzene rings is 1. The summed E-state index contributed by atoms with van der Waals surface area (Å²) in [7, 11) is 0. The number of halogens is 3. The molecule has 2 nitrogen and oxygen atoms in total. The van der Waals surface area contributed by atoms with Crippen molar-refractivity contribution in [2.75, 3.05) is 13.2 Å². The zero-order valence-electron chi connectivity index (χ0n) is 9.47. The summed E-state index contributed by atoms with van der Waals surface area (Å²) >= 11 is 12.0. The Labute approximate surface area is 110 Å². The number of hydrogen-bond donors (Lipinski definition) is 1. The first-order valence-electron chi connectivity index (χ1n) is 5.56. The van der Waals surface area contributed by atoms with Crippen molar-refractivity contribution in [3.8, 4) is 0 Å². The van der Waals surface area contributed by atoms with Crippen molar-refractivity contribution in [3.63, 3.8) is 0 Å². The van der Waals surface area contributed by atoms with E-state index in [0.717, 1.165) is 13.0 Å². The van der Waals surface area contributed by atoms with E-state index in [-0.39, 0.29) is 17.1 Å². The fourth-order valence-corrected chi connectivity index (χ4v) is 2.74.